The molecule has 5 rings (SSSR count). The van der Waals surface area contributed by atoms with Crippen molar-refractivity contribution in [2.75, 3.05) is 7.11 Å². The summed E-state index contributed by atoms with van der Waals surface area (Å²) < 4.78 is 49.9. The van der Waals surface area contributed by atoms with E-state index in [0.29, 0.717) is 35.1 Å². The molecule has 33 heavy (non-hydrogen) atoms. The van der Waals surface area contributed by atoms with Crippen LogP contribution < -0.4 is 4.74 Å². The number of alkyl halides is 2. The van der Waals surface area contributed by atoms with Crippen LogP contribution in [0.2, 0.25) is 0 Å². The van der Waals surface area contributed by atoms with Gasteiger partial charge in [0.2, 0.25) is 0 Å². The molecule has 170 valence electrons. The van der Waals surface area contributed by atoms with E-state index >= 15 is 4.39 Å². The summed E-state index contributed by atoms with van der Waals surface area (Å²) in [7, 11) is 1.54. The van der Waals surface area contributed by atoms with Crippen LogP contribution in [-0.4, -0.2) is 26.9 Å². The summed E-state index contributed by atoms with van der Waals surface area (Å²) in [6, 6.07) is 8.21. The van der Waals surface area contributed by atoms with Crippen LogP contribution in [0.25, 0.3) is 10.9 Å². The van der Waals surface area contributed by atoms with Crippen molar-refractivity contribution in [3.05, 3.63) is 82.8 Å². The summed E-state index contributed by atoms with van der Waals surface area (Å²) in [6.45, 7) is 1.79. The molecule has 1 aliphatic rings. The summed E-state index contributed by atoms with van der Waals surface area (Å²) in [5.74, 6) is -0.341. The highest BCUT2D eigenvalue weighted by molar-refractivity contribution is 5.81. The normalized spacial score (nSPS) is 14.7. The molecule has 0 saturated heterocycles. The highest BCUT2D eigenvalue weighted by Crippen LogP contribution is 2.40. The fourth-order valence-electron chi connectivity index (χ4n) is 4.27. The van der Waals surface area contributed by atoms with Crippen LogP contribution in [0.4, 0.5) is 13.2 Å². The van der Waals surface area contributed by atoms with E-state index in [4.69, 9.17) is 4.74 Å². The molecule has 0 spiro atoms. The molecule has 1 aliphatic carbocycles. The Morgan fingerprint density at radius 2 is 1.91 bits per heavy atom. The molecular formula is C25H23F3N4O. The van der Waals surface area contributed by atoms with E-state index in [1.165, 1.54) is 13.2 Å². The van der Waals surface area contributed by atoms with E-state index in [9.17, 15) is 8.78 Å². The van der Waals surface area contributed by atoms with Gasteiger partial charge in [-0.05, 0) is 49.4 Å². The van der Waals surface area contributed by atoms with Gasteiger partial charge >= 0.3 is 0 Å². The first-order valence-corrected chi connectivity index (χ1v) is 10.9. The second kappa shape index (κ2) is 8.50. The van der Waals surface area contributed by atoms with Gasteiger partial charge in [0.1, 0.15) is 17.4 Å². The Morgan fingerprint density at radius 1 is 1.12 bits per heavy atom. The fraction of sp³-hybridized carbons (Fsp3) is 0.320. The van der Waals surface area contributed by atoms with E-state index in [1.54, 1.807) is 31.5 Å². The predicted octanol–water partition coefficient (Wildman–Crippen LogP) is 5.93. The lowest BCUT2D eigenvalue weighted by molar-refractivity contribution is 0.146. The highest BCUT2D eigenvalue weighted by Gasteiger charge is 2.28. The smallest absolute Gasteiger partial charge is 0.266 e. The Labute approximate surface area is 189 Å². The van der Waals surface area contributed by atoms with Gasteiger partial charge in [-0.25, -0.2) is 23.1 Å². The van der Waals surface area contributed by atoms with Gasteiger partial charge in [-0.1, -0.05) is 18.2 Å². The molecule has 1 fully saturated rings. The zero-order chi connectivity index (χ0) is 23.1. The summed E-state index contributed by atoms with van der Waals surface area (Å²) in [4.78, 5) is 8.73. The average molecular weight is 452 g/mol. The Kier molecular flexibility index (Phi) is 5.52. The molecule has 8 heteroatoms. The molecule has 0 aliphatic heterocycles. The minimum Gasteiger partial charge on any atom is -0.496 e. The quantitative estimate of drug-likeness (QED) is 0.349. The maximum Gasteiger partial charge on any atom is 0.266 e. The number of nitrogens with zero attached hydrogens (tertiary/aromatic N) is 4. The van der Waals surface area contributed by atoms with Crippen LogP contribution in [-0.2, 0) is 6.42 Å². The molecule has 5 nitrogen and oxygen atoms in total. The lowest BCUT2D eigenvalue weighted by Crippen LogP contribution is -2.11. The van der Waals surface area contributed by atoms with Gasteiger partial charge in [0.15, 0.2) is 0 Å². The lowest BCUT2D eigenvalue weighted by Gasteiger charge is -2.22. The van der Waals surface area contributed by atoms with Gasteiger partial charge in [-0.3, -0.25) is 4.68 Å². The SMILES string of the molecule is COc1cc2cnc(C)nc2cc1[C@@H](Cc1cnn(C2CC2)c1)c1cccc(C(F)F)c1F. The molecule has 4 aromatic rings. The molecule has 2 heterocycles. The molecule has 1 saturated carbocycles. The standard InChI is InChI=1S/C25H23F3N4O/c1-14-29-12-16-9-23(33-2)21(10-22(16)31-14)20(8-15-11-30-32(13-15)17-6-7-17)18-4-3-5-19(24(18)26)25(27)28/h3-5,9-13,17,20,25H,6-8H2,1-2H3/t20-/m0/s1. The number of ether oxygens (including phenoxy) is 1. The number of aryl methyl sites for hydroxylation is 1. The number of rotatable bonds is 7. The molecule has 2 aromatic carbocycles. The highest BCUT2D eigenvalue weighted by atomic mass is 19.3. The maximum atomic E-state index is 15.4. The summed E-state index contributed by atoms with van der Waals surface area (Å²) in [5.41, 5.74) is 1.84. The zero-order valence-corrected chi connectivity index (χ0v) is 18.3. The van der Waals surface area contributed by atoms with Crippen molar-refractivity contribution in [2.24, 2.45) is 0 Å². The third-order valence-electron chi connectivity index (χ3n) is 6.11. The Balaban J connectivity index is 1.67. The minimum absolute atomic E-state index is 0.190. The van der Waals surface area contributed by atoms with Crippen molar-refractivity contribution in [1.29, 1.82) is 0 Å². The fourth-order valence-corrected chi connectivity index (χ4v) is 4.27. The van der Waals surface area contributed by atoms with E-state index in [0.717, 1.165) is 29.9 Å². The molecular weight excluding hydrogens is 429 g/mol. The van der Waals surface area contributed by atoms with Crippen LogP contribution in [0.3, 0.4) is 0 Å². The second-order valence-corrected chi connectivity index (χ2v) is 8.44. The number of halogens is 3. The monoisotopic (exact) mass is 452 g/mol. The van der Waals surface area contributed by atoms with Crippen molar-refractivity contribution in [3.63, 3.8) is 0 Å². The predicted molar refractivity (Wildman–Crippen MR) is 118 cm³/mol. The second-order valence-electron chi connectivity index (χ2n) is 8.44. The number of hydrogen-bond donors (Lipinski definition) is 0. The molecule has 0 radical (unpaired) electrons. The minimum atomic E-state index is -2.91. The molecule has 0 bridgehead atoms. The van der Waals surface area contributed by atoms with E-state index in [1.807, 2.05) is 16.9 Å². The summed E-state index contributed by atoms with van der Waals surface area (Å²) in [6.07, 6.45) is 5.08. The Morgan fingerprint density at radius 3 is 2.64 bits per heavy atom. The Bertz CT molecular complexity index is 1320. The number of methoxy groups -OCH3 is 1. The van der Waals surface area contributed by atoms with Gasteiger partial charge in [0.05, 0.1) is 30.4 Å². The van der Waals surface area contributed by atoms with E-state index in [2.05, 4.69) is 15.1 Å². The molecule has 0 N–H and O–H groups in total. The van der Waals surface area contributed by atoms with Crippen molar-refractivity contribution < 1.29 is 17.9 Å². The van der Waals surface area contributed by atoms with Crippen LogP contribution in [0.1, 0.15) is 59.3 Å². The lowest BCUT2D eigenvalue weighted by atomic mass is 9.84. The third-order valence-corrected chi connectivity index (χ3v) is 6.11. The van der Waals surface area contributed by atoms with Crippen LogP contribution >= 0.6 is 0 Å². The third kappa shape index (κ3) is 4.17. The van der Waals surface area contributed by atoms with Gasteiger partial charge in [0, 0.05) is 29.3 Å². The van der Waals surface area contributed by atoms with Crippen molar-refractivity contribution in [2.45, 2.75) is 44.6 Å². The number of benzene rings is 2. The number of hydrogen-bond acceptors (Lipinski definition) is 4. The number of fused-ring (bicyclic) bond motifs is 1. The average Bonchev–Trinajstić information content (AvgIpc) is 3.55. The largest absolute Gasteiger partial charge is 0.496 e. The van der Waals surface area contributed by atoms with Crippen LogP contribution in [0.5, 0.6) is 5.75 Å². The summed E-state index contributed by atoms with van der Waals surface area (Å²) in [5, 5.41) is 5.22. The molecule has 0 unspecified atom stereocenters. The maximum absolute atomic E-state index is 15.4. The number of aromatic nitrogens is 4. The first-order chi connectivity index (χ1) is 15.9. The van der Waals surface area contributed by atoms with E-state index in [-0.39, 0.29) is 5.56 Å². The van der Waals surface area contributed by atoms with Crippen molar-refractivity contribution in [3.8, 4) is 5.75 Å². The molecule has 2 aromatic heterocycles. The van der Waals surface area contributed by atoms with E-state index < -0.39 is 23.7 Å². The van der Waals surface area contributed by atoms with Gasteiger partial charge < -0.3 is 4.74 Å². The van der Waals surface area contributed by atoms with Gasteiger partial charge in [-0.2, -0.15) is 5.10 Å². The van der Waals surface area contributed by atoms with Crippen molar-refractivity contribution >= 4 is 10.9 Å². The molecule has 1 atom stereocenters. The molecule has 0 amide bonds. The topological polar surface area (TPSA) is 52.8 Å². The summed E-state index contributed by atoms with van der Waals surface area (Å²) >= 11 is 0. The van der Waals surface area contributed by atoms with Crippen LogP contribution in [0, 0.1) is 12.7 Å². The van der Waals surface area contributed by atoms with Gasteiger partial charge in [-0.15, -0.1) is 0 Å². The zero-order valence-electron chi connectivity index (χ0n) is 18.3. The van der Waals surface area contributed by atoms with Crippen molar-refractivity contribution in [1.82, 2.24) is 19.7 Å². The Hall–Kier alpha value is -3.42. The van der Waals surface area contributed by atoms with Gasteiger partial charge in [0.25, 0.3) is 6.43 Å². The first-order valence-electron chi connectivity index (χ1n) is 10.9. The van der Waals surface area contributed by atoms with Crippen LogP contribution in [0.15, 0.2) is 48.9 Å². The first kappa shape index (κ1) is 21.4.